The minimum atomic E-state index is -2.93. The second-order valence-electron chi connectivity index (χ2n) is 3.69. The van der Waals surface area contributed by atoms with Crippen molar-refractivity contribution in [2.45, 2.75) is 11.7 Å². The molecule has 3 nitrogen and oxygen atoms in total. The predicted molar refractivity (Wildman–Crippen MR) is 57.3 cm³/mol. The van der Waals surface area contributed by atoms with Gasteiger partial charge in [-0.3, -0.25) is 0 Å². The summed E-state index contributed by atoms with van der Waals surface area (Å²) in [5.41, 5.74) is 2.15. The normalized spacial score (nSPS) is 21.1. The molecule has 1 N–H and O–H groups in total. The van der Waals surface area contributed by atoms with E-state index < -0.39 is 9.84 Å². The Morgan fingerprint density at radius 2 is 2.07 bits per heavy atom. The summed E-state index contributed by atoms with van der Waals surface area (Å²) in [4.78, 5) is 0. The van der Waals surface area contributed by atoms with E-state index in [0.29, 0.717) is 13.0 Å². The SMILES string of the molecule is CS(=O)(=O)[C@H]1CNc2ccccc2C1. The van der Waals surface area contributed by atoms with Gasteiger partial charge in [0, 0.05) is 18.5 Å². The quantitative estimate of drug-likeness (QED) is 0.755. The number of fused-ring (bicyclic) bond motifs is 1. The van der Waals surface area contributed by atoms with Gasteiger partial charge in [0.1, 0.15) is 0 Å². The van der Waals surface area contributed by atoms with Gasteiger partial charge in [0.05, 0.1) is 5.25 Å². The first-order valence-corrected chi connectivity index (χ1v) is 6.53. The summed E-state index contributed by atoms with van der Waals surface area (Å²) in [6.45, 7) is 0.524. The Hall–Kier alpha value is -1.03. The molecule has 76 valence electrons. The Labute approximate surface area is 84.1 Å². The van der Waals surface area contributed by atoms with Crippen LogP contribution in [-0.4, -0.2) is 26.5 Å². The summed E-state index contributed by atoms with van der Waals surface area (Å²) in [7, 11) is -2.93. The molecule has 1 atom stereocenters. The lowest BCUT2D eigenvalue weighted by molar-refractivity contribution is 0.584. The van der Waals surface area contributed by atoms with Crippen molar-refractivity contribution in [1.82, 2.24) is 0 Å². The average Bonchev–Trinajstić information content (AvgIpc) is 2.16. The van der Waals surface area contributed by atoms with E-state index in [1.165, 1.54) is 6.26 Å². The van der Waals surface area contributed by atoms with Gasteiger partial charge in [-0.25, -0.2) is 8.42 Å². The molecule has 1 aromatic carbocycles. The Kier molecular flexibility index (Phi) is 2.23. The highest BCUT2D eigenvalue weighted by Gasteiger charge is 2.25. The van der Waals surface area contributed by atoms with Crippen LogP contribution in [0.2, 0.25) is 0 Å². The summed E-state index contributed by atoms with van der Waals surface area (Å²) in [5.74, 6) is 0. The van der Waals surface area contributed by atoms with Crippen molar-refractivity contribution in [3.63, 3.8) is 0 Å². The van der Waals surface area contributed by atoms with Crippen molar-refractivity contribution in [3.05, 3.63) is 29.8 Å². The molecule has 0 saturated carbocycles. The predicted octanol–water partition coefficient (Wildman–Crippen LogP) is 1.07. The van der Waals surface area contributed by atoms with E-state index in [0.717, 1.165) is 11.3 Å². The largest absolute Gasteiger partial charge is 0.384 e. The number of benzene rings is 1. The fraction of sp³-hybridized carbons (Fsp3) is 0.400. The second kappa shape index (κ2) is 3.28. The molecule has 0 bridgehead atoms. The lowest BCUT2D eigenvalue weighted by atomic mass is 10.0. The van der Waals surface area contributed by atoms with Crippen LogP contribution in [0, 0.1) is 0 Å². The third-order valence-corrected chi connectivity index (χ3v) is 4.13. The second-order valence-corrected chi connectivity index (χ2v) is 6.02. The highest BCUT2D eigenvalue weighted by atomic mass is 32.2. The van der Waals surface area contributed by atoms with Crippen molar-refractivity contribution in [2.75, 3.05) is 18.1 Å². The molecular weight excluding hydrogens is 198 g/mol. The van der Waals surface area contributed by atoms with Gasteiger partial charge in [0.25, 0.3) is 0 Å². The smallest absolute Gasteiger partial charge is 0.152 e. The first kappa shape index (κ1) is 9.52. The van der Waals surface area contributed by atoms with Crippen LogP contribution < -0.4 is 5.32 Å². The number of hydrogen-bond acceptors (Lipinski definition) is 3. The lowest BCUT2D eigenvalue weighted by Crippen LogP contribution is -2.34. The van der Waals surface area contributed by atoms with E-state index in [-0.39, 0.29) is 5.25 Å². The van der Waals surface area contributed by atoms with E-state index >= 15 is 0 Å². The Morgan fingerprint density at radius 3 is 2.79 bits per heavy atom. The van der Waals surface area contributed by atoms with Crippen LogP contribution >= 0.6 is 0 Å². The van der Waals surface area contributed by atoms with Gasteiger partial charge in [0.2, 0.25) is 0 Å². The van der Waals surface area contributed by atoms with Crippen molar-refractivity contribution in [1.29, 1.82) is 0 Å². The van der Waals surface area contributed by atoms with Crippen molar-refractivity contribution in [2.24, 2.45) is 0 Å². The van der Waals surface area contributed by atoms with Crippen LogP contribution in [0.15, 0.2) is 24.3 Å². The molecule has 0 radical (unpaired) electrons. The molecule has 0 fully saturated rings. The minimum absolute atomic E-state index is 0.280. The molecule has 0 aliphatic carbocycles. The van der Waals surface area contributed by atoms with Crippen molar-refractivity contribution in [3.8, 4) is 0 Å². The van der Waals surface area contributed by atoms with Crippen LogP contribution in [0.25, 0.3) is 0 Å². The Balaban J connectivity index is 2.30. The van der Waals surface area contributed by atoms with Gasteiger partial charge in [-0.2, -0.15) is 0 Å². The number of nitrogens with one attached hydrogen (secondary N) is 1. The molecule has 2 rings (SSSR count). The van der Waals surface area contributed by atoms with Crippen LogP contribution in [0.5, 0.6) is 0 Å². The zero-order valence-electron chi connectivity index (χ0n) is 8.03. The van der Waals surface area contributed by atoms with Gasteiger partial charge < -0.3 is 5.32 Å². The highest BCUT2D eigenvalue weighted by Crippen LogP contribution is 2.23. The van der Waals surface area contributed by atoms with Crippen LogP contribution in [0.4, 0.5) is 5.69 Å². The number of rotatable bonds is 1. The lowest BCUT2D eigenvalue weighted by Gasteiger charge is -2.24. The van der Waals surface area contributed by atoms with Crippen molar-refractivity contribution >= 4 is 15.5 Å². The van der Waals surface area contributed by atoms with Crippen LogP contribution in [-0.2, 0) is 16.3 Å². The zero-order chi connectivity index (χ0) is 10.2. The molecule has 1 aliphatic heterocycles. The first-order chi connectivity index (χ1) is 6.57. The fourth-order valence-electron chi connectivity index (χ4n) is 1.71. The third-order valence-electron chi connectivity index (χ3n) is 2.59. The molecule has 0 spiro atoms. The highest BCUT2D eigenvalue weighted by molar-refractivity contribution is 7.91. The van der Waals surface area contributed by atoms with Gasteiger partial charge in [-0.05, 0) is 18.1 Å². The summed E-state index contributed by atoms with van der Waals surface area (Å²) in [6.07, 6.45) is 1.93. The van der Waals surface area contributed by atoms with E-state index in [1.54, 1.807) is 0 Å². The van der Waals surface area contributed by atoms with Crippen molar-refractivity contribution < 1.29 is 8.42 Å². The Bertz CT molecular complexity index is 439. The van der Waals surface area contributed by atoms with E-state index in [4.69, 9.17) is 0 Å². The van der Waals surface area contributed by atoms with E-state index in [2.05, 4.69) is 5.32 Å². The molecule has 0 amide bonds. The monoisotopic (exact) mass is 211 g/mol. The minimum Gasteiger partial charge on any atom is -0.384 e. The van der Waals surface area contributed by atoms with Gasteiger partial charge in [0.15, 0.2) is 9.84 Å². The molecule has 1 heterocycles. The summed E-state index contributed by atoms with van der Waals surface area (Å²) >= 11 is 0. The standard InChI is InChI=1S/C10H13NO2S/c1-14(12,13)9-6-8-4-2-3-5-10(8)11-7-9/h2-5,9,11H,6-7H2,1H3/t9-/m1/s1. The maximum Gasteiger partial charge on any atom is 0.152 e. The summed E-state index contributed by atoms with van der Waals surface area (Å²) in [6, 6.07) is 7.84. The molecule has 4 heteroatoms. The number of hydrogen-bond donors (Lipinski definition) is 1. The molecular formula is C10H13NO2S. The Morgan fingerprint density at radius 1 is 1.36 bits per heavy atom. The fourth-order valence-corrected chi connectivity index (χ4v) is 2.58. The summed E-state index contributed by atoms with van der Waals surface area (Å²) in [5, 5.41) is 2.86. The summed E-state index contributed by atoms with van der Waals surface area (Å²) < 4.78 is 22.7. The third kappa shape index (κ3) is 1.75. The molecule has 0 saturated heterocycles. The first-order valence-electron chi connectivity index (χ1n) is 4.58. The van der Waals surface area contributed by atoms with Gasteiger partial charge >= 0.3 is 0 Å². The topological polar surface area (TPSA) is 46.2 Å². The molecule has 1 aromatic rings. The molecule has 1 aliphatic rings. The molecule has 14 heavy (non-hydrogen) atoms. The molecule has 0 aromatic heterocycles. The van der Waals surface area contributed by atoms with Gasteiger partial charge in [-0.1, -0.05) is 18.2 Å². The van der Waals surface area contributed by atoms with Crippen LogP contribution in [0.3, 0.4) is 0 Å². The molecule has 0 unspecified atom stereocenters. The average molecular weight is 211 g/mol. The van der Waals surface area contributed by atoms with Crippen LogP contribution in [0.1, 0.15) is 5.56 Å². The number of para-hydroxylation sites is 1. The van der Waals surface area contributed by atoms with Gasteiger partial charge in [-0.15, -0.1) is 0 Å². The van der Waals surface area contributed by atoms with E-state index in [9.17, 15) is 8.42 Å². The maximum atomic E-state index is 11.4. The zero-order valence-corrected chi connectivity index (χ0v) is 8.84. The maximum absolute atomic E-state index is 11.4. The van der Waals surface area contributed by atoms with E-state index in [1.807, 2.05) is 24.3 Å². The number of anilines is 1. The number of sulfone groups is 1.